The third-order valence-electron chi connectivity index (χ3n) is 7.59. The first-order valence-corrected chi connectivity index (χ1v) is 12.8. The standard InChI is InChI=1S/C28H25F3N4O6/c29-18-9-16(10-19(30)23(18)31)20-12-35(34-33-20)24-26(38)21(13-36)41-28(27(24)39)22(7-8-40-28)32-11-15-6-5-14-3-1-2-4-17(14)25(15)37/h1-6,9-12,21-22,24,26-27,36-39H,7-8,13H2/t21-,22-,24+,26+,27-,28+/m1/s1. The minimum absolute atomic E-state index is 0.0234. The lowest BCUT2D eigenvalue weighted by Gasteiger charge is -2.48. The lowest BCUT2D eigenvalue weighted by molar-refractivity contribution is -0.342. The molecule has 41 heavy (non-hydrogen) atoms. The quantitative estimate of drug-likeness (QED) is 0.212. The smallest absolute Gasteiger partial charge is 0.220 e. The number of aliphatic hydroxyl groups excluding tert-OH is 3. The summed E-state index contributed by atoms with van der Waals surface area (Å²) in [5.74, 6) is -6.27. The van der Waals surface area contributed by atoms with Crippen LogP contribution in [-0.4, -0.2) is 85.0 Å². The van der Waals surface area contributed by atoms with Crippen molar-refractivity contribution in [2.75, 3.05) is 13.2 Å². The van der Waals surface area contributed by atoms with Crippen molar-refractivity contribution in [1.29, 1.82) is 0 Å². The molecule has 1 aromatic heterocycles. The highest BCUT2D eigenvalue weighted by Gasteiger charge is 2.61. The van der Waals surface area contributed by atoms with Gasteiger partial charge in [0.2, 0.25) is 5.79 Å². The molecule has 2 fully saturated rings. The van der Waals surface area contributed by atoms with E-state index in [1.807, 2.05) is 18.2 Å². The van der Waals surface area contributed by atoms with Crippen LogP contribution in [0.25, 0.3) is 22.0 Å². The fraction of sp³-hybridized carbons (Fsp3) is 0.321. The molecular weight excluding hydrogens is 545 g/mol. The van der Waals surface area contributed by atoms with Crippen molar-refractivity contribution in [3.63, 3.8) is 0 Å². The lowest BCUT2D eigenvalue weighted by Crippen LogP contribution is -2.66. The van der Waals surface area contributed by atoms with Crippen LogP contribution in [-0.2, 0) is 9.47 Å². The number of ether oxygens (including phenoxy) is 2. The van der Waals surface area contributed by atoms with E-state index in [-0.39, 0.29) is 23.6 Å². The van der Waals surface area contributed by atoms with Crippen LogP contribution < -0.4 is 0 Å². The van der Waals surface area contributed by atoms with Gasteiger partial charge in [-0.15, -0.1) is 5.10 Å². The average molecular weight is 571 g/mol. The van der Waals surface area contributed by atoms with Gasteiger partial charge in [-0.2, -0.15) is 0 Å². The van der Waals surface area contributed by atoms with Crippen molar-refractivity contribution < 1.29 is 43.1 Å². The van der Waals surface area contributed by atoms with Crippen LogP contribution in [0.1, 0.15) is 18.0 Å². The van der Waals surface area contributed by atoms with E-state index in [0.29, 0.717) is 17.4 Å². The van der Waals surface area contributed by atoms with Crippen molar-refractivity contribution in [3.8, 4) is 17.0 Å². The Labute approximate surface area is 230 Å². The molecule has 10 nitrogen and oxygen atoms in total. The second-order valence-corrected chi connectivity index (χ2v) is 9.98. The van der Waals surface area contributed by atoms with Gasteiger partial charge in [0, 0.05) is 22.7 Å². The Bertz CT molecular complexity index is 1610. The average Bonchev–Trinajstić information content (AvgIpc) is 3.61. The zero-order valence-corrected chi connectivity index (χ0v) is 21.3. The number of phenolic OH excluding ortho intramolecular Hbond substituents is 1. The predicted molar refractivity (Wildman–Crippen MR) is 139 cm³/mol. The maximum Gasteiger partial charge on any atom is 0.220 e. The van der Waals surface area contributed by atoms with Gasteiger partial charge in [0.15, 0.2) is 17.5 Å². The molecule has 0 saturated carbocycles. The summed E-state index contributed by atoms with van der Waals surface area (Å²) in [4.78, 5) is 4.57. The number of aromatic nitrogens is 3. The maximum atomic E-state index is 13.8. The number of halogens is 3. The number of aliphatic hydroxyl groups is 3. The van der Waals surface area contributed by atoms with Crippen molar-refractivity contribution >= 4 is 17.0 Å². The van der Waals surface area contributed by atoms with E-state index in [9.17, 15) is 33.6 Å². The molecule has 2 saturated heterocycles. The normalized spacial score (nSPS) is 28.3. The Balaban J connectivity index is 1.34. The summed E-state index contributed by atoms with van der Waals surface area (Å²) < 4.78 is 54.0. The van der Waals surface area contributed by atoms with Gasteiger partial charge in [0.05, 0.1) is 19.4 Å². The Morgan fingerprint density at radius 1 is 1.10 bits per heavy atom. The van der Waals surface area contributed by atoms with E-state index in [0.717, 1.165) is 22.2 Å². The first-order valence-electron chi connectivity index (χ1n) is 12.8. The molecule has 4 N–H and O–H groups in total. The van der Waals surface area contributed by atoms with E-state index in [1.54, 1.807) is 18.2 Å². The van der Waals surface area contributed by atoms with E-state index in [1.165, 1.54) is 12.4 Å². The maximum absolute atomic E-state index is 13.8. The van der Waals surface area contributed by atoms with E-state index >= 15 is 0 Å². The zero-order chi connectivity index (χ0) is 28.9. The summed E-state index contributed by atoms with van der Waals surface area (Å²) in [6.45, 7) is -0.520. The Hall–Kier alpha value is -3.88. The highest BCUT2D eigenvalue weighted by Crippen LogP contribution is 2.44. The zero-order valence-electron chi connectivity index (χ0n) is 21.3. The second-order valence-electron chi connectivity index (χ2n) is 9.98. The molecule has 6 atom stereocenters. The largest absolute Gasteiger partial charge is 0.507 e. The van der Waals surface area contributed by atoms with Gasteiger partial charge in [-0.3, -0.25) is 4.99 Å². The van der Waals surface area contributed by atoms with Crippen molar-refractivity contribution in [1.82, 2.24) is 15.0 Å². The van der Waals surface area contributed by atoms with Gasteiger partial charge in [-0.25, -0.2) is 17.9 Å². The predicted octanol–water partition coefficient (Wildman–Crippen LogP) is 2.48. The monoisotopic (exact) mass is 570 g/mol. The van der Waals surface area contributed by atoms with E-state index in [2.05, 4.69) is 15.3 Å². The summed E-state index contributed by atoms with van der Waals surface area (Å²) in [5.41, 5.74) is 0.245. The lowest BCUT2D eigenvalue weighted by atomic mass is 9.86. The van der Waals surface area contributed by atoms with Gasteiger partial charge in [0.1, 0.15) is 41.8 Å². The Morgan fingerprint density at radius 2 is 1.85 bits per heavy atom. The summed E-state index contributed by atoms with van der Waals surface area (Å²) in [7, 11) is 0. The molecule has 0 aliphatic carbocycles. The third kappa shape index (κ3) is 4.55. The molecule has 0 bridgehead atoms. The number of aliphatic imine (C=N–C) groups is 1. The van der Waals surface area contributed by atoms with E-state index in [4.69, 9.17) is 9.47 Å². The molecular formula is C28H25F3N4O6. The molecule has 214 valence electrons. The number of phenols is 1. The minimum Gasteiger partial charge on any atom is -0.507 e. The van der Waals surface area contributed by atoms with Crippen LogP contribution in [0.3, 0.4) is 0 Å². The van der Waals surface area contributed by atoms with Crippen LogP contribution in [0.15, 0.2) is 59.7 Å². The summed E-state index contributed by atoms with van der Waals surface area (Å²) in [5, 5.41) is 52.6. The van der Waals surface area contributed by atoms with Gasteiger partial charge >= 0.3 is 0 Å². The molecule has 4 aromatic rings. The van der Waals surface area contributed by atoms with Gasteiger partial charge < -0.3 is 29.9 Å². The Kier molecular flexibility index (Phi) is 6.99. The fourth-order valence-electron chi connectivity index (χ4n) is 5.47. The van der Waals surface area contributed by atoms with Crippen molar-refractivity contribution in [2.45, 2.75) is 42.6 Å². The molecule has 0 radical (unpaired) electrons. The SMILES string of the molecule is OC[C@H]1O[C@]2(OCC[C@H]2N=Cc2ccc3ccccc3c2O)[C@H](O)[C@@H](n2cc(-c3cc(F)c(F)c(F)c3)nn2)[C@H]1O. The highest BCUT2D eigenvalue weighted by atomic mass is 19.2. The molecule has 1 spiro atoms. The van der Waals surface area contributed by atoms with Crippen LogP contribution in [0.4, 0.5) is 13.2 Å². The third-order valence-corrected chi connectivity index (χ3v) is 7.59. The number of aromatic hydroxyl groups is 1. The van der Waals surface area contributed by atoms with Gasteiger partial charge in [0.25, 0.3) is 0 Å². The van der Waals surface area contributed by atoms with Crippen molar-refractivity contribution in [2.24, 2.45) is 4.99 Å². The van der Waals surface area contributed by atoms with Crippen molar-refractivity contribution in [3.05, 3.63) is 77.7 Å². The molecule has 2 aliphatic heterocycles. The Morgan fingerprint density at radius 3 is 2.61 bits per heavy atom. The first-order chi connectivity index (χ1) is 19.7. The molecule has 2 aliphatic rings. The first kappa shape index (κ1) is 27.3. The van der Waals surface area contributed by atoms with Crippen LogP contribution in [0, 0.1) is 17.5 Å². The molecule has 13 heteroatoms. The molecule has 3 heterocycles. The van der Waals surface area contributed by atoms with E-state index < -0.39 is 60.2 Å². The number of nitrogens with zero attached hydrogens (tertiary/aromatic N) is 4. The topological polar surface area (TPSA) is 142 Å². The summed E-state index contributed by atoms with van der Waals surface area (Å²) in [6.07, 6.45) is -1.38. The minimum atomic E-state index is -1.82. The molecule has 0 amide bonds. The summed E-state index contributed by atoms with van der Waals surface area (Å²) >= 11 is 0. The molecule has 0 unspecified atom stereocenters. The molecule has 3 aromatic carbocycles. The van der Waals surface area contributed by atoms with Crippen LogP contribution in [0.5, 0.6) is 5.75 Å². The van der Waals surface area contributed by atoms with Crippen LogP contribution >= 0.6 is 0 Å². The summed E-state index contributed by atoms with van der Waals surface area (Å²) in [6, 6.07) is 10.2. The van der Waals surface area contributed by atoms with Crippen LogP contribution in [0.2, 0.25) is 0 Å². The highest BCUT2D eigenvalue weighted by molar-refractivity contribution is 5.97. The van der Waals surface area contributed by atoms with Gasteiger partial charge in [-0.1, -0.05) is 35.5 Å². The number of hydrogen-bond donors (Lipinski definition) is 4. The fourth-order valence-corrected chi connectivity index (χ4v) is 5.47. The molecule has 6 rings (SSSR count). The second kappa shape index (κ2) is 10.5. The van der Waals surface area contributed by atoms with Gasteiger partial charge in [-0.05, 0) is 30.0 Å². The number of rotatable bonds is 5. The number of fused-ring (bicyclic) bond motifs is 1. The number of benzene rings is 3. The number of hydrogen-bond acceptors (Lipinski definition) is 9.